The summed E-state index contributed by atoms with van der Waals surface area (Å²) in [7, 11) is 0. The number of carboxylic acid groups (broad SMARTS) is 1. The Balaban J connectivity index is 1.77. The van der Waals surface area contributed by atoms with E-state index in [0.29, 0.717) is 30.2 Å². The van der Waals surface area contributed by atoms with Gasteiger partial charge in [0, 0.05) is 16.7 Å². The lowest BCUT2D eigenvalue weighted by atomic mass is 10.1. The zero-order valence-corrected chi connectivity index (χ0v) is 18.8. The molecule has 0 aliphatic heterocycles. The summed E-state index contributed by atoms with van der Waals surface area (Å²) in [6.45, 7) is 4.89. The van der Waals surface area contributed by atoms with Crippen LogP contribution in [0.3, 0.4) is 0 Å². The van der Waals surface area contributed by atoms with Gasteiger partial charge in [-0.2, -0.15) is 0 Å². The quantitative estimate of drug-likeness (QED) is 0.376. The number of ether oxygens (including phenoxy) is 2. The molecule has 3 aromatic rings. The first-order valence-electron chi connectivity index (χ1n) is 9.78. The molecule has 0 radical (unpaired) electrons. The molecular formula is C24H23BrFNO4. The van der Waals surface area contributed by atoms with Crippen LogP contribution in [0.5, 0.6) is 11.5 Å². The van der Waals surface area contributed by atoms with Crippen LogP contribution in [0.2, 0.25) is 0 Å². The Morgan fingerprint density at radius 1 is 1.10 bits per heavy atom. The van der Waals surface area contributed by atoms with E-state index < -0.39 is 5.97 Å². The van der Waals surface area contributed by atoms with E-state index in [1.165, 1.54) is 12.1 Å². The molecule has 162 valence electrons. The minimum absolute atomic E-state index is 0.267. The summed E-state index contributed by atoms with van der Waals surface area (Å²) in [6.07, 6.45) is 0. The van der Waals surface area contributed by atoms with Crippen molar-refractivity contribution >= 4 is 27.6 Å². The van der Waals surface area contributed by atoms with Crippen molar-refractivity contribution in [3.8, 4) is 11.5 Å². The number of rotatable bonds is 9. The van der Waals surface area contributed by atoms with Gasteiger partial charge in [-0.25, -0.2) is 9.18 Å². The fourth-order valence-corrected chi connectivity index (χ4v) is 3.55. The molecule has 0 atom stereocenters. The van der Waals surface area contributed by atoms with Crippen molar-refractivity contribution in [2.75, 3.05) is 11.9 Å². The van der Waals surface area contributed by atoms with E-state index in [-0.39, 0.29) is 18.0 Å². The maximum Gasteiger partial charge on any atom is 0.336 e. The molecule has 2 N–H and O–H groups in total. The summed E-state index contributed by atoms with van der Waals surface area (Å²) in [5.74, 6) is -0.0717. The highest BCUT2D eigenvalue weighted by Crippen LogP contribution is 2.35. The summed E-state index contributed by atoms with van der Waals surface area (Å²) in [5, 5.41) is 12.6. The number of nitrogens with one attached hydrogen (secondary N) is 1. The average Bonchev–Trinajstić information content (AvgIpc) is 2.74. The lowest BCUT2D eigenvalue weighted by Crippen LogP contribution is -2.07. The molecule has 0 heterocycles. The van der Waals surface area contributed by atoms with Gasteiger partial charge in [0.15, 0.2) is 11.5 Å². The molecule has 0 aromatic heterocycles. The van der Waals surface area contributed by atoms with Crippen molar-refractivity contribution in [2.24, 2.45) is 0 Å². The van der Waals surface area contributed by atoms with Gasteiger partial charge in [-0.3, -0.25) is 0 Å². The predicted molar refractivity (Wildman–Crippen MR) is 122 cm³/mol. The van der Waals surface area contributed by atoms with Crippen molar-refractivity contribution in [1.29, 1.82) is 0 Å². The molecule has 31 heavy (non-hydrogen) atoms. The summed E-state index contributed by atoms with van der Waals surface area (Å²) >= 11 is 3.58. The second kappa shape index (κ2) is 10.3. The minimum Gasteiger partial charge on any atom is -0.490 e. The van der Waals surface area contributed by atoms with E-state index in [2.05, 4.69) is 21.2 Å². The highest BCUT2D eigenvalue weighted by atomic mass is 79.9. The van der Waals surface area contributed by atoms with Crippen LogP contribution in [0.25, 0.3) is 0 Å². The third kappa shape index (κ3) is 5.76. The van der Waals surface area contributed by atoms with Crippen LogP contribution in [-0.2, 0) is 13.2 Å². The Morgan fingerprint density at radius 3 is 2.48 bits per heavy atom. The van der Waals surface area contributed by atoms with E-state index in [4.69, 9.17) is 9.47 Å². The second-order valence-corrected chi connectivity index (χ2v) is 7.73. The molecule has 0 aliphatic carbocycles. The van der Waals surface area contributed by atoms with E-state index >= 15 is 0 Å². The number of halogens is 2. The first-order valence-corrected chi connectivity index (χ1v) is 10.6. The smallest absolute Gasteiger partial charge is 0.336 e. The molecule has 7 heteroatoms. The Hall–Kier alpha value is -3.06. The van der Waals surface area contributed by atoms with Gasteiger partial charge in [0.1, 0.15) is 12.4 Å². The van der Waals surface area contributed by atoms with E-state index in [1.807, 2.05) is 25.1 Å². The number of hydrogen-bond acceptors (Lipinski definition) is 4. The molecule has 3 aromatic carbocycles. The average molecular weight is 488 g/mol. The van der Waals surface area contributed by atoms with Gasteiger partial charge in [0.2, 0.25) is 0 Å². The standard InChI is InChI=1S/C24H23BrFNO4/c1-3-30-22-11-17(13-27-21-6-4-5-19(15(21)2)24(28)29)20(25)12-23(22)31-14-16-7-9-18(26)10-8-16/h4-12,27H,3,13-14H2,1-2H3,(H,28,29). The second-order valence-electron chi connectivity index (χ2n) is 6.88. The van der Waals surface area contributed by atoms with Gasteiger partial charge < -0.3 is 19.9 Å². The Bertz CT molecular complexity index is 1070. The van der Waals surface area contributed by atoms with Crippen molar-refractivity contribution in [3.63, 3.8) is 0 Å². The Morgan fingerprint density at radius 2 is 1.81 bits per heavy atom. The molecule has 0 spiro atoms. The zero-order chi connectivity index (χ0) is 22.4. The maximum absolute atomic E-state index is 13.1. The van der Waals surface area contributed by atoms with Crippen LogP contribution in [0.4, 0.5) is 10.1 Å². The molecule has 0 bridgehead atoms. The summed E-state index contributed by atoms with van der Waals surface area (Å²) in [4.78, 5) is 11.4. The lowest BCUT2D eigenvalue weighted by Gasteiger charge is -2.17. The third-order valence-corrected chi connectivity index (χ3v) is 5.49. The Labute approximate surface area is 189 Å². The molecule has 0 fully saturated rings. The van der Waals surface area contributed by atoms with Crippen molar-refractivity contribution in [2.45, 2.75) is 27.0 Å². The third-order valence-electron chi connectivity index (χ3n) is 4.75. The number of carboxylic acids is 1. The molecule has 0 unspecified atom stereocenters. The van der Waals surface area contributed by atoms with Crippen LogP contribution >= 0.6 is 15.9 Å². The highest BCUT2D eigenvalue weighted by Gasteiger charge is 2.13. The minimum atomic E-state index is -0.955. The molecule has 0 amide bonds. The molecular weight excluding hydrogens is 465 g/mol. The maximum atomic E-state index is 13.1. The van der Waals surface area contributed by atoms with Crippen LogP contribution in [0.1, 0.15) is 34.0 Å². The van der Waals surface area contributed by atoms with E-state index in [0.717, 1.165) is 21.3 Å². The first kappa shape index (κ1) is 22.6. The number of hydrogen-bond donors (Lipinski definition) is 2. The van der Waals surface area contributed by atoms with Gasteiger partial charge in [-0.05, 0) is 66.9 Å². The number of aromatic carboxylic acids is 1. The van der Waals surface area contributed by atoms with E-state index in [9.17, 15) is 14.3 Å². The van der Waals surface area contributed by atoms with Crippen LogP contribution < -0.4 is 14.8 Å². The fraction of sp³-hybridized carbons (Fsp3) is 0.208. The van der Waals surface area contributed by atoms with E-state index in [1.54, 1.807) is 31.2 Å². The molecule has 0 aliphatic rings. The number of carbonyl (C=O) groups is 1. The van der Waals surface area contributed by atoms with Gasteiger partial charge >= 0.3 is 5.97 Å². The van der Waals surface area contributed by atoms with Crippen LogP contribution in [0, 0.1) is 12.7 Å². The number of benzene rings is 3. The SMILES string of the molecule is CCOc1cc(CNc2cccc(C(=O)O)c2C)c(Br)cc1OCc1ccc(F)cc1. The molecule has 0 saturated carbocycles. The van der Waals surface area contributed by atoms with Gasteiger partial charge in [-0.1, -0.05) is 34.1 Å². The van der Waals surface area contributed by atoms with Gasteiger partial charge in [0.25, 0.3) is 0 Å². The number of anilines is 1. The molecule has 3 rings (SSSR count). The summed E-state index contributed by atoms with van der Waals surface area (Å²) in [5.41, 5.74) is 3.47. The zero-order valence-electron chi connectivity index (χ0n) is 17.2. The normalized spacial score (nSPS) is 10.6. The topological polar surface area (TPSA) is 67.8 Å². The van der Waals surface area contributed by atoms with Gasteiger partial charge in [0.05, 0.1) is 12.2 Å². The van der Waals surface area contributed by atoms with Crippen molar-refractivity contribution in [3.05, 3.63) is 87.1 Å². The predicted octanol–water partition coefficient (Wildman–Crippen LogP) is 6.18. The Kier molecular flexibility index (Phi) is 7.52. The van der Waals surface area contributed by atoms with Crippen LogP contribution in [-0.4, -0.2) is 17.7 Å². The van der Waals surface area contributed by atoms with Gasteiger partial charge in [-0.15, -0.1) is 0 Å². The largest absolute Gasteiger partial charge is 0.490 e. The van der Waals surface area contributed by atoms with Crippen molar-refractivity contribution in [1.82, 2.24) is 0 Å². The monoisotopic (exact) mass is 487 g/mol. The summed E-state index contributed by atoms with van der Waals surface area (Å²) < 4.78 is 25.6. The van der Waals surface area contributed by atoms with Crippen molar-refractivity contribution < 1.29 is 23.8 Å². The first-order chi connectivity index (χ1) is 14.9. The lowest BCUT2D eigenvalue weighted by molar-refractivity contribution is 0.0696. The van der Waals surface area contributed by atoms with Crippen LogP contribution in [0.15, 0.2) is 59.1 Å². The molecule has 0 saturated heterocycles. The summed E-state index contributed by atoms with van der Waals surface area (Å²) in [6, 6.07) is 15.0. The molecule has 5 nitrogen and oxygen atoms in total. The fourth-order valence-electron chi connectivity index (χ4n) is 3.08. The highest BCUT2D eigenvalue weighted by molar-refractivity contribution is 9.10.